The molecule has 1 aromatic rings. The van der Waals surface area contributed by atoms with Gasteiger partial charge in [-0.05, 0) is 24.6 Å². The first-order valence-electron chi connectivity index (χ1n) is 5.66. The third-order valence-electron chi connectivity index (χ3n) is 3.60. The second-order valence-electron chi connectivity index (χ2n) is 4.98. The van der Waals surface area contributed by atoms with Crippen LogP contribution in [-0.2, 0) is 14.6 Å². The predicted octanol–water partition coefficient (Wildman–Crippen LogP) is 0.715. The predicted molar refractivity (Wildman–Crippen MR) is 63.4 cm³/mol. The van der Waals surface area contributed by atoms with Crippen molar-refractivity contribution in [1.82, 2.24) is 5.32 Å². The van der Waals surface area contributed by atoms with Crippen LogP contribution in [0.4, 0.5) is 0 Å². The van der Waals surface area contributed by atoms with Gasteiger partial charge < -0.3 is 4.74 Å². The lowest BCUT2D eigenvalue weighted by atomic mass is 9.79. The third kappa shape index (κ3) is 1.53. The second kappa shape index (κ2) is 3.54. The summed E-state index contributed by atoms with van der Waals surface area (Å²) in [6.07, 6.45) is 0. The molecule has 2 aliphatic rings. The van der Waals surface area contributed by atoms with Gasteiger partial charge in [-0.25, -0.2) is 8.42 Å². The third-order valence-corrected chi connectivity index (χ3v) is 5.80. The Labute approximate surface area is 101 Å². The monoisotopic (exact) mass is 253 g/mol. The molecule has 2 aliphatic heterocycles. The van der Waals surface area contributed by atoms with Gasteiger partial charge >= 0.3 is 0 Å². The molecule has 5 heteroatoms. The lowest BCUT2D eigenvalue weighted by Gasteiger charge is -2.54. The molecule has 1 spiro atoms. The highest BCUT2D eigenvalue weighted by Crippen LogP contribution is 2.41. The molecule has 1 atom stereocenters. The van der Waals surface area contributed by atoms with Crippen molar-refractivity contribution in [1.29, 1.82) is 0 Å². The summed E-state index contributed by atoms with van der Waals surface area (Å²) < 4.78 is 30.1. The van der Waals surface area contributed by atoms with E-state index in [1.165, 1.54) is 0 Å². The molecule has 0 aromatic heterocycles. The number of aryl methyl sites for hydroxylation is 1. The van der Waals surface area contributed by atoms with Crippen LogP contribution in [-0.4, -0.2) is 33.6 Å². The van der Waals surface area contributed by atoms with E-state index >= 15 is 0 Å². The van der Waals surface area contributed by atoms with Gasteiger partial charge in [-0.3, -0.25) is 5.32 Å². The molecule has 0 saturated carbocycles. The van der Waals surface area contributed by atoms with Crippen LogP contribution < -0.4 is 5.32 Å². The van der Waals surface area contributed by atoms with E-state index in [1.54, 1.807) is 18.2 Å². The van der Waals surface area contributed by atoms with Gasteiger partial charge in [-0.2, -0.15) is 0 Å². The van der Waals surface area contributed by atoms with Gasteiger partial charge in [0.15, 0.2) is 9.84 Å². The van der Waals surface area contributed by atoms with Gasteiger partial charge in [0.05, 0.1) is 23.5 Å². The Morgan fingerprint density at radius 3 is 2.65 bits per heavy atom. The molecule has 2 saturated heterocycles. The molecule has 17 heavy (non-hydrogen) atoms. The van der Waals surface area contributed by atoms with E-state index in [4.69, 9.17) is 4.74 Å². The van der Waals surface area contributed by atoms with Crippen LogP contribution in [0.15, 0.2) is 29.2 Å². The Balaban J connectivity index is 1.96. The first kappa shape index (κ1) is 11.2. The van der Waals surface area contributed by atoms with Crippen molar-refractivity contribution in [3.63, 3.8) is 0 Å². The van der Waals surface area contributed by atoms with Crippen molar-refractivity contribution in [3.05, 3.63) is 29.8 Å². The fourth-order valence-electron chi connectivity index (χ4n) is 2.46. The van der Waals surface area contributed by atoms with Gasteiger partial charge in [0.1, 0.15) is 5.37 Å². The summed E-state index contributed by atoms with van der Waals surface area (Å²) >= 11 is 0. The van der Waals surface area contributed by atoms with Gasteiger partial charge in [0, 0.05) is 6.54 Å². The fourth-order valence-corrected chi connectivity index (χ4v) is 4.53. The summed E-state index contributed by atoms with van der Waals surface area (Å²) in [6, 6.07) is 7.07. The fraction of sp³-hybridized carbons (Fsp3) is 0.500. The minimum Gasteiger partial charge on any atom is -0.380 e. The highest BCUT2D eigenvalue weighted by Gasteiger charge is 2.58. The summed E-state index contributed by atoms with van der Waals surface area (Å²) in [4.78, 5) is 0.404. The van der Waals surface area contributed by atoms with Crippen molar-refractivity contribution < 1.29 is 13.2 Å². The zero-order valence-corrected chi connectivity index (χ0v) is 10.5. The van der Waals surface area contributed by atoms with Crippen molar-refractivity contribution in [2.75, 3.05) is 19.8 Å². The molecule has 2 heterocycles. The highest BCUT2D eigenvalue weighted by molar-refractivity contribution is 7.92. The normalized spacial score (nSPS) is 26.3. The molecule has 92 valence electrons. The number of rotatable bonds is 2. The zero-order valence-electron chi connectivity index (χ0n) is 9.64. The quantitative estimate of drug-likeness (QED) is 0.843. The van der Waals surface area contributed by atoms with E-state index in [0.29, 0.717) is 18.1 Å². The topological polar surface area (TPSA) is 55.4 Å². The first-order valence-corrected chi connectivity index (χ1v) is 7.21. The van der Waals surface area contributed by atoms with Crippen LogP contribution >= 0.6 is 0 Å². The molecular weight excluding hydrogens is 238 g/mol. The Morgan fingerprint density at radius 1 is 1.41 bits per heavy atom. The van der Waals surface area contributed by atoms with E-state index < -0.39 is 15.2 Å². The van der Waals surface area contributed by atoms with Crippen molar-refractivity contribution >= 4 is 9.84 Å². The van der Waals surface area contributed by atoms with Gasteiger partial charge in [-0.15, -0.1) is 0 Å². The summed E-state index contributed by atoms with van der Waals surface area (Å²) in [6.45, 7) is 3.74. The highest BCUT2D eigenvalue weighted by atomic mass is 32.2. The summed E-state index contributed by atoms with van der Waals surface area (Å²) in [5.74, 6) is 0. The molecular formula is C12H15NO3S. The minimum atomic E-state index is -3.28. The lowest BCUT2D eigenvalue weighted by molar-refractivity contribution is -0.150. The van der Waals surface area contributed by atoms with Crippen molar-refractivity contribution in [3.8, 4) is 0 Å². The van der Waals surface area contributed by atoms with Crippen LogP contribution in [0.1, 0.15) is 5.56 Å². The number of benzene rings is 1. The molecule has 1 N–H and O–H groups in total. The maximum atomic E-state index is 12.5. The summed E-state index contributed by atoms with van der Waals surface area (Å²) in [5.41, 5.74) is 0.784. The number of nitrogens with one attached hydrogen (secondary N) is 1. The molecule has 2 fully saturated rings. The smallest absolute Gasteiger partial charge is 0.195 e. The second-order valence-corrected chi connectivity index (χ2v) is 7.01. The van der Waals surface area contributed by atoms with Crippen LogP contribution in [0.2, 0.25) is 0 Å². The average Bonchev–Trinajstić information content (AvgIpc) is 2.12. The number of hydrogen-bond donors (Lipinski definition) is 1. The zero-order chi connectivity index (χ0) is 12.1. The SMILES string of the molecule is Cc1cccc(S(=O)(=O)C2NCC23COC3)c1. The molecule has 0 bridgehead atoms. The average molecular weight is 253 g/mol. The number of sulfone groups is 1. The van der Waals surface area contributed by atoms with Crippen LogP contribution in [0.3, 0.4) is 0 Å². The Bertz CT molecular complexity index is 543. The molecule has 0 amide bonds. The Hall–Kier alpha value is -0.910. The Morgan fingerprint density at radius 2 is 2.18 bits per heavy atom. The largest absolute Gasteiger partial charge is 0.380 e. The number of ether oxygens (including phenoxy) is 1. The lowest BCUT2D eigenvalue weighted by Crippen LogP contribution is -2.73. The Kier molecular flexibility index (Phi) is 2.33. The summed E-state index contributed by atoms with van der Waals surface area (Å²) in [7, 11) is -3.28. The maximum Gasteiger partial charge on any atom is 0.195 e. The minimum absolute atomic E-state index is 0.178. The van der Waals surface area contributed by atoms with E-state index in [1.807, 2.05) is 13.0 Å². The van der Waals surface area contributed by atoms with Crippen LogP contribution in [0.25, 0.3) is 0 Å². The molecule has 0 radical (unpaired) electrons. The standard InChI is InChI=1S/C12H15NO3S/c1-9-3-2-4-10(5-9)17(14,15)11-12(6-13-11)7-16-8-12/h2-5,11,13H,6-8H2,1H3. The van der Waals surface area contributed by atoms with Crippen LogP contribution in [0.5, 0.6) is 0 Å². The van der Waals surface area contributed by atoms with Crippen LogP contribution in [0, 0.1) is 12.3 Å². The molecule has 1 unspecified atom stereocenters. The van der Waals surface area contributed by atoms with Gasteiger partial charge in [0.2, 0.25) is 0 Å². The number of hydrogen-bond acceptors (Lipinski definition) is 4. The first-order chi connectivity index (χ1) is 8.05. The van der Waals surface area contributed by atoms with E-state index in [2.05, 4.69) is 5.32 Å². The maximum absolute atomic E-state index is 12.5. The summed E-state index contributed by atoms with van der Waals surface area (Å²) in [5, 5.41) is 2.55. The molecule has 0 aliphatic carbocycles. The van der Waals surface area contributed by atoms with Crippen molar-refractivity contribution in [2.45, 2.75) is 17.2 Å². The van der Waals surface area contributed by atoms with Gasteiger partial charge in [-0.1, -0.05) is 12.1 Å². The van der Waals surface area contributed by atoms with E-state index in [0.717, 1.165) is 12.1 Å². The van der Waals surface area contributed by atoms with Crippen molar-refractivity contribution in [2.24, 2.45) is 5.41 Å². The van der Waals surface area contributed by atoms with E-state index in [9.17, 15) is 8.42 Å². The van der Waals surface area contributed by atoms with Gasteiger partial charge in [0.25, 0.3) is 0 Å². The van der Waals surface area contributed by atoms with E-state index in [-0.39, 0.29) is 5.41 Å². The molecule has 4 nitrogen and oxygen atoms in total. The molecule has 3 rings (SSSR count). The molecule has 1 aromatic carbocycles.